The molecule has 0 bridgehead atoms. The van der Waals surface area contributed by atoms with Gasteiger partial charge in [0.05, 0.1) is 9.43 Å². The first-order chi connectivity index (χ1) is 13.4. The van der Waals surface area contributed by atoms with Gasteiger partial charge < -0.3 is 0 Å². The lowest BCUT2D eigenvalue weighted by molar-refractivity contribution is 0.605. The first-order valence-electron chi connectivity index (χ1n) is 8.20. The Morgan fingerprint density at radius 2 is 2.00 bits per heavy atom. The number of benzene rings is 1. The minimum Gasteiger partial charge on any atom is -0.293 e. The third kappa shape index (κ3) is 3.78. The smallest absolute Gasteiger partial charge is 0.269 e. The number of allylic oxidation sites excluding steroid dienone is 1. The van der Waals surface area contributed by atoms with Gasteiger partial charge in [-0.15, -0.1) is 29.3 Å². The lowest BCUT2D eigenvalue weighted by Gasteiger charge is -2.04. The van der Waals surface area contributed by atoms with E-state index in [-0.39, 0.29) is 21.7 Å². The van der Waals surface area contributed by atoms with Crippen LogP contribution in [0.15, 0.2) is 64.1 Å². The summed E-state index contributed by atoms with van der Waals surface area (Å²) in [5, 5.41) is 11.6. The van der Waals surface area contributed by atoms with E-state index in [1.165, 1.54) is 34.1 Å². The van der Waals surface area contributed by atoms with Gasteiger partial charge in [0.15, 0.2) is 4.91 Å². The highest BCUT2D eigenvalue weighted by atomic mass is 32.2. The molecule has 0 spiro atoms. The maximum absolute atomic E-state index is 13.1. The van der Waals surface area contributed by atoms with Gasteiger partial charge in [-0.25, -0.2) is 8.42 Å². The monoisotopic (exact) mass is 428 g/mol. The maximum atomic E-state index is 13.1. The van der Waals surface area contributed by atoms with Gasteiger partial charge in [0.25, 0.3) is 5.56 Å². The van der Waals surface area contributed by atoms with Gasteiger partial charge >= 0.3 is 0 Å². The number of nitrogens with zero attached hydrogens (tertiary/aromatic N) is 2. The van der Waals surface area contributed by atoms with Gasteiger partial charge in [-0.1, -0.05) is 29.8 Å². The van der Waals surface area contributed by atoms with Gasteiger partial charge in [0.2, 0.25) is 9.84 Å². The molecular formula is C20H16N2O3S3. The third-order valence-corrected chi connectivity index (χ3v) is 7.73. The van der Waals surface area contributed by atoms with Crippen LogP contribution in [0.4, 0.5) is 0 Å². The average molecular weight is 429 g/mol. The van der Waals surface area contributed by atoms with E-state index in [4.69, 9.17) is 0 Å². The van der Waals surface area contributed by atoms with Gasteiger partial charge in [-0.3, -0.25) is 9.36 Å². The minimum absolute atomic E-state index is 0.0180. The second-order valence-electron chi connectivity index (χ2n) is 5.89. The van der Waals surface area contributed by atoms with E-state index in [1.807, 2.05) is 24.4 Å². The van der Waals surface area contributed by atoms with Crippen molar-refractivity contribution >= 4 is 43.5 Å². The summed E-state index contributed by atoms with van der Waals surface area (Å²) in [6.45, 7) is 5.59. The summed E-state index contributed by atoms with van der Waals surface area (Å²) in [4.78, 5) is 13.3. The molecule has 8 heteroatoms. The SMILES string of the molecule is C=CCn1c(=C(C#N)S(=O)(=O)c2ccc(C)cc2)s/c(=C\c2cccs2)c1=O. The standard InChI is InChI=1S/C20H16N2O3S3/c1-3-10-22-19(23)17(12-15-5-4-11-26-15)27-20(22)18(13-21)28(24,25)16-8-6-14(2)7-9-16/h3-9,11-12H,1,10H2,2H3/b17-12-,20-18?. The summed E-state index contributed by atoms with van der Waals surface area (Å²) in [5.41, 5.74) is 0.560. The highest BCUT2D eigenvalue weighted by Gasteiger charge is 2.24. The van der Waals surface area contributed by atoms with E-state index in [0.717, 1.165) is 21.8 Å². The van der Waals surface area contributed by atoms with E-state index in [0.29, 0.717) is 4.53 Å². The molecule has 28 heavy (non-hydrogen) atoms. The van der Waals surface area contributed by atoms with Crippen molar-refractivity contribution in [2.24, 2.45) is 0 Å². The van der Waals surface area contributed by atoms with E-state index in [1.54, 1.807) is 24.3 Å². The fourth-order valence-electron chi connectivity index (χ4n) is 2.54. The first kappa shape index (κ1) is 20.0. The van der Waals surface area contributed by atoms with Crippen molar-refractivity contribution in [3.05, 3.63) is 84.4 Å². The number of thiazole rings is 1. The van der Waals surface area contributed by atoms with Crippen LogP contribution in [0, 0.1) is 18.3 Å². The molecule has 0 N–H and O–H groups in total. The second-order valence-corrected chi connectivity index (χ2v) is 9.79. The number of aromatic nitrogens is 1. The van der Waals surface area contributed by atoms with Crippen LogP contribution in [-0.2, 0) is 16.4 Å². The normalized spacial score (nSPS) is 13.2. The predicted molar refractivity (Wildman–Crippen MR) is 113 cm³/mol. The Hall–Kier alpha value is -2.73. The Kier molecular flexibility index (Phi) is 5.79. The fraction of sp³-hybridized carbons (Fsp3) is 0.100. The Balaban J connectivity index is 2.37. The molecule has 0 atom stereocenters. The topological polar surface area (TPSA) is 79.9 Å². The Morgan fingerprint density at radius 1 is 1.29 bits per heavy atom. The van der Waals surface area contributed by atoms with Crippen molar-refractivity contribution in [2.45, 2.75) is 18.4 Å². The van der Waals surface area contributed by atoms with Gasteiger partial charge in [-0.05, 0) is 36.6 Å². The predicted octanol–water partition coefficient (Wildman–Crippen LogP) is 2.40. The first-order valence-corrected chi connectivity index (χ1v) is 11.4. The maximum Gasteiger partial charge on any atom is 0.269 e. The lowest BCUT2D eigenvalue weighted by Crippen LogP contribution is -2.32. The van der Waals surface area contributed by atoms with Crippen molar-refractivity contribution < 1.29 is 8.42 Å². The summed E-state index contributed by atoms with van der Waals surface area (Å²) in [5.74, 6) is 0. The lowest BCUT2D eigenvalue weighted by atomic mass is 10.2. The number of nitriles is 1. The molecule has 0 fully saturated rings. The van der Waals surface area contributed by atoms with Crippen molar-refractivity contribution in [3.8, 4) is 6.07 Å². The molecule has 0 aliphatic rings. The quantitative estimate of drug-likeness (QED) is 0.585. The number of rotatable bonds is 5. The molecule has 0 saturated heterocycles. The van der Waals surface area contributed by atoms with Gasteiger partial charge in [-0.2, -0.15) is 5.26 Å². The molecule has 0 unspecified atom stereocenters. The number of aryl methyl sites for hydroxylation is 1. The highest BCUT2D eigenvalue weighted by molar-refractivity contribution is 8.00. The fourth-order valence-corrected chi connectivity index (χ4v) is 5.92. The van der Waals surface area contributed by atoms with Crippen molar-refractivity contribution in [1.29, 1.82) is 5.26 Å². The minimum atomic E-state index is -4.07. The van der Waals surface area contributed by atoms with E-state index >= 15 is 0 Å². The molecule has 0 radical (unpaired) electrons. The average Bonchev–Trinajstić information content (AvgIpc) is 3.27. The zero-order chi connectivity index (χ0) is 20.3. The Bertz CT molecular complexity index is 1340. The Labute approximate surface area is 170 Å². The van der Waals surface area contributed by atoms with Crippen LogP contribution in [0.3, 0.4) is 0 Å². The van der Waals surface area contributed by atoms with Crippen molar-refractivity contribution in [2.75, 3.05) is 0 Å². The van der Waals surface area contributed by atoms with Crippen LogP contribution in [0.25, 0.3) is 11.0 Å². The van der Waals surface area contributed by atoms with Crippen LogP contribution < -0.4 is 14.8 Å². The largest absolute Gasteiger partial charge is 0.293 e. The molecule has 3 aromatic rings. The molecule has 2 heterocycles. The van der Waals surface area contributed by atoms with Crippen LogP contribution in [0.5, 0.6) is 0 Å². The van der Waals surface area contributed by atoms with E-state index in [2.05, 4.69) is 6.58 Å². The molecule has 3 rings (SSSR count). The molecule has 1 aromatic carbocycles. The van der Waals surface area contributed by atoms with Crippen LogP contribution in [-0.4, -0.2) is 13.0 Å². The van der Waals surface area contributed by atoms with Crippen LogP contribution in [0.2, 0.25) is 0 Å². The second kappa shape index (κ2) is 8.10. The van der Waals surface area contributed by atoms with Crippen molar-refractivity contribution in [3.63, 3.8) is 0 Å². The summed E-state index contributed by atoms with van der Waals surface area (Å²) < 4.78 is 27.9. The molecule has 0 aliphatic carbocycles. The van der Waals surface area contributed by atoms with E-state index in [9.17, 15) is 18.5 Å². The van der Waals surface area contributed by atoms with Crippen LogP contribution in [0.1, 0.15) is 10.4 Å². The molecule has 5 nitrogen and oxygen atoms in total. The highest BCUT2D eigenvalue weighted by Crippen LogP contribution is 2.19. The summed E-state index contributed by atoms with van der Waals surface area (Å²) >= 11 is 2.46. The summed E-state index contributed by atoms with van der Waals surface area (Å²) in [6.07, 6.45) is 3.20. The van der Waals surface area contributed by atoms with Crippen molar-refractivity contribution in [1.82, 2.24) is 4.57 Å². The number of hydrogen-bond acceptors (Lipinski definition) is 6. The number of sulfone groups is 1. The molecule has 0 saturated carbocycles. The zero-order valence-corrected chi connectivity index (χ0v) is 17.4. The molecule has 0 amide bonds. The zero-order valence-electron chi connectivity index (χ0n) is 15.0. The molecule has 0 aliphatic heterocycles. The van der Waals surface area contributed by atoms with Crippen LogP contribution >= 0.6 is 22.7 Å². The molecule has 142 valence electrons. The number of thiophene rings is 1. The Morgan fingerprint density at radius 3 is 2.57 bits per heavy atom. The third-order valence-electron chi connectivity index (χ3n) is 3.93. The molecular weight excluding hydrogens is 412 g/mol. The summed E-state index contributed by atoms with van der Waals surface area (Å²) in [7, 11) is -4.07. The molecule has 2 aromatic heterocycles. The summed E-state index contributed by atoms with van der Waals surface area (Å²) in [6, 6.07) is 11.8. The van der Waals surface area contributed by atoms with E-state index < -0.39 is 14.7 Å². The van der Waals surface area contributed by atoms with Gasteiger partial charge in [0, 0.05) is 11.4 Å². The number of hydrogen-bond donors (Lipinski definition) is 0. The van der Waals surface area contributed by atoms with Gasteiger partial charge in [0.1, 0.15) is 10.7 Å².